The van der Waals surface area contributed by atoms with Gasteiger partial charge < -0.3 is 5.32 Å². The van der Waals surface area contributed by atoms with Crippen molar-refractivity contribution in [2.45, 2.75) is 25.3 Å². The van der Waals surface area contributed by atoms with Crippen molar-refractivity contribution in [1.29, 1.82) is 0 Å². The van der Waals surface area contributed by atoms with Crippen LogP contribution in [0.2, 0.25) is 0 Å². The van der Waals surface area contributed by atoms with Gasteiger partial charge in [0.15, 0.2) is 0 Å². The molecular formula is C14H16N4OS. The molecule has 0 atom stereocenters. The fourth-order valence-corrected chi connectivity index (χ4v) is 2.91. The minimum atomic E-state index is -0.0957. The Morgan fingerprint density at radius 2 is 2.35 bits per heavy atom. The number of carbonyl (C=O) groups excluding carboxylic acids is 1. The van der Waals surface area contributed by atoms with Crippen LogP contribution in [0.5, 0.6) is 0 Å². The molecule has 0 saturated heterocycles. The van der Waals surface area contributed by atoms with Crippen LogP contribution in [-0.4, -0.2) is 27.7 Å². The molecule has 3 rings (SSSR count). The van der Waals surface area contributed by atoms with E-state index in [9.17, 15) is 4.79 Å². The van der Waals surface area contributed by atoms with Crippen molar-refractivity contribution in [3.63, 3.8) is 0 Å². The smallest absolute Gasteiger partial charge is 0.262 e. The van der Waals surface area contributed by atoms with E-state index in [1.807, 2.05) is 24.4 Å². The zero-order valence-electron chi connectivity index (χ0n) is 11.2. The molecule has 0 aromatic carbocycles. The monoisotopic (exact) mass is 288 g/mol. The third kappa shape index (κ3) is 2.51. The van der Waals surface area contributed by atoms with Crippen LogP contribution in [0.15, 0.2) is 18.5 Å². The Hall–Kier alpha value is -1.95. The van der Waals surface area contributed by atoms with Crippen LogP contribution in [0.1, 0.15) is 45.7 Å². The molecule has 104 valence electrons. The average Bonchev–Trinajstić information content (AvgIpc) is 3.02. The number of hydrogen-bond donors (Lipinski definition) is 1. The first-order valence-corrected chi connectivity index (χ1v) is 7.49. The third-order valence-electron chi connectivity index (χ3n) is 3.49. The van der Waals surface area contributed by atoms with Gasteiger partial charge in [-0.05, 0) is 37.5 Å². The van der Waals surface area contributed by atoms with Gasteiger partial charge in [0.25, 0.3) is 5.91 Å². The van der Waals surface area contributed by atoms with Gasteiger partial charge in [0.05, 0.1) is 17.9 Å². The molecule has 1 saturated carbocycles. The molecule has 1 N–H and O–H groups in total. The molecule has 0 radical (unpaired) electrons. The molecule has 5 nitrogen and oxygen atoms in total. The summed E-state index contributed by atoms with van der Waals surface area (Å²) < 4.78 is 2.08. The summed E-state index contributed by atoms with van der Waals surface area (Å²) >= 11 is 1.38. The minimum absolute atomic E-state index is 0.0957. The van der Waals surface area contributed by atoms with Crippen molar-refractivity contribution in [1.82, 2.24) is 20.1 Å². The number of aromatic nitrogens is 3. The van der Waals surface area contributed by atoms with Gasteiger partial charge in [0.2, 0.25) is 0 Å². The molecule has 0 bridgehead atoms. The largest absolute Gasteiger partial charge is 0.354 e. The number of carbonyl (C=O) groups is 1. The molecule has 0 aliphatic heterocycles. The van der Waals surface area contributed by atoms with Crippen LogP contribution in [0.3, 0.4) is 0 Å². The first-order chi connectivity index (χ1) is 9.78. The summed E-state index contributed by atoms with van der Waals surface area (Å²) in [7, 11) is 1.62. The predicted molar refractivity (Wildman–Crippen MR) is 79.5 cm³/mol. The number of amides is 1. The van der Waals surface area contributed by atoms with E-state index in [-0.39, 0.29) is 5.91 Å². The lowest BCUT2D eigenvalue weighted by Crippen LogP contribution is -2.19. The summed E-state index contributed by atoms with van der Waals surface area (Å²) in [4.78, 5) is 16.3. The van der Waals surface area contributed by atoms with Gasteiger partial charge in [0, 0.05) is 13.2 Å². The van der Waals surface area contributed by atoms with Gasteiger partial charge in [-0.25, -0.2) is 4.98 Å². The number of nitrogens with one attached hydrogen (secondary N) is 1. The molecule has 2 aromatic rings. The second kappa shape index (κ2) is 5.58. The molecule has 0 unspecified atom stereocenters. The van der Waals surface area contributed by atoms with E-state index >= 15 is 0 Å². The summed E-state index contributed by atoms with van der Waals surface area (Å²) in [5.41, 5.74) is 1.09. The van der Waals surface area contributed by atoms with Crippen molar-refractivity contribution in [3.8, 4) is 0 Å². The first-order valence-electron chi connectivity index (χ1n) is 6.67. The zero-order valence-corrected chi connectivity index (χ0v) is 12.1. The van der Waals surface area contributed by atoms with Gasteiger partial charge in [-0.2, -0.15) is 5.10 Å². The Morgan fingerprint density at radius 3 is 3.05 bits per heavy atom. The van der Waals surface area contributed by atoms with Crippen molar-refractivity contribution >= 4 is 29.4 Å². The number of nitrogens with zero attached hydrogens (tertiary/aromatic N) is 3. The molecule has 0 spiro atoms. The Morgan fingerprint density at radius 1 is 1.50 bits per heavy atom. The van der Waals surface area contributed by atoms with E-state index in [0.717, 1.165) is 10.7 Å². The zero-order chi connectivity index (χ0) is 13.9. The molecule has 1 fully saturated rings. The third-order valence-corrected chi connectivity index (χ3v) is 4.45. The highest BCUT2D eigenvalue weighted by Gasteiger charge is 2.21. The van der Waals surface area contributed by atoms with Crippen molar-refractivity contribution in [2.24, 2.45) is 0 Å². The summed E-state index contributed by atoms with van der Waals surface area (Å²) in [6.07, 6.45) is 11.1. The van der Waals surface area contributed by atoms with Crippen LogP contribution in [0, 0.1) is 0 Å². The lowest BCUT2D eigenvalue weighted by atomic mass is 9.93. The van der Waals surface area contributed by atoms with Crippen LogP contribution in [0.25, 0.3) is 12.2 Å². The maximum Gasteiger partial charge on any atom is 0.262 e. The molecule has 1 aliphatic rings. The number of hydrogen-bond acceptors (Lipinski definition) is 4. The number of thiazole rings is 1. The normalized spacial score (nSPS) is 15.4. The second-order valence-corrected chi connectivity index (χ2v) is 5.82. The van der Waals surface area contributed by atoms with E-state index < -0.39 is 0 Å². The van der Waals surface area contributed by atoms with Gasteiger partial charge in [-0.1, -0.05) is 0 Å². The van der Waals surface area contributed by atoms with E-state index in [0.29, 0.717) is 10.9 Å². The molecule has 1 aliphatic carbocycles. The predicted octanol–water partition coefficient (Wildman–Crippen LogP) is 2.59. The molecule has 20 heavy (non-hydrogen) atoms. The molecule has 1 amide bonds. The Kier molecular flexibility index (Phi) is 3.64. The van der Waals surface area contributed by atoms with Gasteiger partial charge >= 0.3 is 0 Å². The molecule has 6 heteroatoms. The summed E-state index contributed by atoms with van der Waals surface area (Å²) in [6.45, 7) is 0. The summed E-state index contributed by atoms with van der Waals surface area (Å²) in [5, 5.41) is 7.80. The quantitative estimate of drug-likeness (QED) is 0.940. The lowest BCUT2D eigenvalue weighted by molar-refractivity contribution is 0.0967. The Labute approximate surface area is 121 Å². The maximum atomic E-state index is 11.5. The lowest BCUT2D eigenvalue weighted by Gasteiger charge is -2.26. The van der Waals surface area contributed by atoms with Gasteiger partial charge in [-0.3, -0.25) is 9.48 Å². The summed E-state index contributed by atoms with van der Waals surface area (Å²) in [6, 6.07) is 2.55. The average molecular weight is 288 g/mol. The topological polar surface area (TPSA) is 59.8 Å². The maximum absolute atomic E-state index is 11.5. The number of rotatable bonds is 4. The van der Waals surface area contributed by atoms with E-state index in [2.05, 4.69) is 20.1 Å². The van der Waals surface area contributed by atoms with Crippen LogP contribution < -0.4 is 5.32 Å². The van der Waals surface area contributed by atoms with Crippen LogP contribution in [-0.2, 0) is 0 Å². The minimum Gasteiger partial charge on any atom is -0.354 e. The SMILES string of the molecule is CNC(=O)c1cnc(C=Cc2ccnn2C2CCC2)s1. The first kappa shape index (κ1) is 13.1. The fraction of sp³-hybridized carbons (Fsp3) is 0.357. The Balaban J connectivity index is 1.75. The van der Waals surface area contributed by atoms with E-state index in [1.54, 1.807) is 13.2 Å². The van der Waals surface area contributed by atoms with Crippen LogP contribution >= 0.6 is 11.3 Å². The van der Waals surface area contributed by atoms with Gasteiger partial charge in [-0.15, -0.1) is 11.3 Å². The molecule has 2 heterocycles. The summed E-state index contributed by atoms with van der Waals surface area (Å²) in [5.74, 6) is -0.0957. The van der Waals surface area contributed by atoms with Crippen molar-refractivity contribution < 1.29 is 4.79 Å². The van der Waals surface area contributed by atoms with E-state index in [4.69, 9.17) is 0 Å². The molecular weight excluding hydrogens is 272 g/mol. The highest BCUT2D eigenvalue weighted by molar-refractivity contribution is 7.14. The molecule has 2 aromatic heterocycles. The van der Waals surface area contributed by atoms with Crippen molar-refractivity contribution in [3.05, 3.63) is 34.0 Å². The Bertz CT molecular complexity index is 639. The van der Waals surface area contributed by atoms with E-state index in [1.165, 1.54) is 30.6 Å². The van der Waals surface area contributed by atoms with Crippen LogP contribution in [0.4, 0.5) is 0 Å². The standard InChI is InChI=1S/C14H16N4OS/c1-15-14(19)12-9-16-13(20-12)6-5-11-7-8-17-18(11)10-3-2-4-10/h5-10H,2-4H2,1H3,(H,15,19). The highest BCUT2D eigenvalue weighted by atomic mass is 32.1. The highest BCUT2D eigenvalue weighted by Crippen LogP contribution is 2.32. The second-order valence-electron chi connectivity index (χ2n) is 4.76. The van der Waals surface area contributed by atoms with Crippen molar-refractivity contribution in [2.75, 3.05) is 7.05 Å². The van der Waals surface area contributed by atoms with Gasteiger partial charge in [0.1, 0.15) is 9.88 Å². The fourth-order valence-electron chi connectivity index (χ4n) is 2.14.